The number of rotatable bonds is 9. The number of hydrogen-bond donors (Lipinski definition) is 2. The highest BCUT2D eigenvalue weighted by atomic mass is 32.2. The average molecular weight is 590 g/mol. The second kappa shape index (κ2) is 12.6. The normalized spacial score (nSPS) is 19.9. The maximum atomic E-state index is 13.3. The molecule has 6 rings (SSSR count). The molecule has 0 spiro atoms. The number of nitrogens with zero attached hydrogens (tertiary/aromatic N) is 3. The Morgan fingerprint density at radius 3 is 2.71 bits per heavy atom. The van der Waals surface area contributed by atoms with E-state index in [1.165, 1.54) is 18.2 Å². The zero-order valence-corrected chi connectivity index (χ0v) is 24.5. The first-order chi connectivity index (χ1) is 20.5. The van der Waals surface area contributed by atoms with E-state index in [0.717, 1.165) is 36.8 Å². The van der Waals surface area contributed by atoms with Crippen LogP contribution in [0.15, 0.2) is 52.4 Å². The minimum atomic E-state index is -0.671. The van der Waals surface area contributed by atoms with Gasteiger partial charge in [0.2, 0.25) is 18.6 Å². The second-order valence-corrected chi connectivity index (χ2v) is 12.1. The Morgan fingerprint density at radius 2 is 1.88 bits per heavy atom. The Balaban J connectivity index is 1.14. The third kappa shape index (κ3) is 6.01. The summed E-state index contributed by atoms with van der Waals surface area (Å²) in [5.41, 5.74) is 2.38. The molecular weight excluding hydrogens is 554 g/mol. The Kier molecular flexibility index (Phi) is 8.46. The van der Waals surface area contributed by atoms with Gasteiger partial charge >= 0.3 is 0 Å². The van der Waals surface area contributed by atoms with Gasteiger partial charge < -0.3 is 20.1 Å². The summed E-state index contributed by atoms with van der Waals surface area (Å²) in [6, 6.07) is 12.7. The fraction of sp³-hybridized carbons (Fsp3) is 0.452. The molecule has 2 atom stereocenters. The summed E-state index contributed by atoms with van der Waals surface area (Å²) in [4.78, 5) is 50.5. The van der Waals surface area contributed by atoms with E-state index in [2.05, 4.69) is 15.6 Å². The topological polar surface area (TPSA) is 122 Å². The van der Waals surface area contributed by atoms with E-state index in [4.69, 9.17) is 14.5 Å². The van der Waals surface area contributed by atoms with E-state index < -0.39 is 6.04 Å². The summed E-state index contributed by atoms with van der Waals surface area (Å²) in [5.74, 6) is 1.40. The smallest absolute Gasteiger partial charge is 0.270 e. The number of hydrogen-bond acceptors (Lipinski definition) is 8. The molecule has 2 unspecified atom stereocenters. The van der Waals surface area contributed by atoms with Crippen molar-refractivity contribution in [3.8, 4) is 11.5 Å². The zero-order chi connectivity index (χ0) is 29.1. The Bertz CT molecular complexity index is 1440. The standard InChI is InChI=1S/C31H35N5O5S/c1-2-26(30(39)33-20-8-4-3-5-9-20)42-31-34-22-11-7-6-10-21(22)28-35-29(38)23(36(28)31)13-15-27(37)32-17-19-12-14-24-25(16-19)41-18-40-24/h6-7,10-12,14,16,20,23,26H,2-5,8-9,13,15,17-18H2,1H3,(H,32,37)(H,33,39). The third-order valence-electron chi connectivity index (χ3n) is 8.04. The zero-order valence-electron chi connectivity index (χ0n) is 23.6. The SMILES string of the molecule is CCC(SC1=Nc2ccccc2C2=NC(=O)C(CCC(=O)NCc3ccc4c(c3)OCO4)N12)C(=O)NC1CCCCC1. The predicted octanol–water partition coefficient (Wildman–Crippen LogP) is 4.43. The van der Waals surface area contributed by atoms with Gasteiger partial charge in [0.25, 0.3) is 5.91 Å². The van der Waals surface area contributed by atoms with Crippen LogP contribution in [0.2, 0.25) is 0 Å². The van der Waals surface area contributed by atoms with Gasteiger partial charge in [0.15, 0.2) is 16.7 Å². The lowest BCUT2D eigenvalue weighted by Gasteiger charge is -2.32. The first kappa shape index (κ1) is 28.3. The van der Waals surface area contributed by atoms with Crippen molar-refractivity contribution in [3.05, 3.63) is 53.6 Å². The monoisotopic (exact) mass is 589 g/mol. The van der Waals surface area contributed by atoms with Crippen molar-refractivity contribution < 1.29 is 23.9 Å². The van der Waals surface area contributed by atoms with Crippen molar-refractivity contribution in [2.24, 2.45) is 9.98 Å². The largest absolute Gasteiger partial charge is 0.454 e. The Morgan fingerprint density at radius 1 is 1.07 bits per heavy atom. The third-order valence-corrected chi connectivity index (χ3v) is 9.37. The molecular formula is C31H35N5O5S. The van der Waals surface area contributed by atoms with Crippen LogP contribution in [-0.2, 0) is 20.9 Å². The number of benzene rings is 2. The van der Waals surface area contributed by atoms with Crippen molar-refractivity contribution in [3.63, 3.8) is 0 Å². The summed E-state index contributed by atoms with van der Waals surface area (Å²) in [6.07, 6.45) is 6.54. The predicted molar refractivity (Wildman–Crippen MR) is 161 cm³/mol. The van der Waals surface area contributed by atoms with Gasteiger partial charge in [-0.1, -0.05) is 56.1 Å². The molecule has 2 aromatic rings. The van der Waals surface area contributed by atoms with Gasteiger partial charge in [-0.25, -0.2) is 4.99 Å². The van der Waals surface area contributed by atoms with E-state index in [1.807, 2.05) is 54.3 Å². The molecule has 1 saturated carbocycles. The van der Waals surface area contributed by atoms with Crippen LogP contribution >= 0.6 is 11.8 Å². The summed E-state index contributed by atoms with van der Waals surface area (Å²) < 4.78 is 10.8. The molecule has 1 fully saturated rings. The van der Waals surface area contributed by atoms with Crippen molar-refractivity contribution in [1.82, 2.24) is 15.5 Å². The van der Waals surface area contributed by atoms with Crippen LogP contribution in [0.3, 0.4) is 0 Å². The number of aliphatic imine (C=N–C) groups is 2. The van der Waals surface area contributed by atoms with Gasteiger partial charge in [-0.05, 0) is 55.5 Å². The molecule has 2 aromatic carbocycles. The minimum absolute atomic E-state index is 0.000541. The molecule has 2 N–H and O–H groups in total. The van der Waals surface area contributed by atoms with E-state index >= 15 is 0 Å². The van der Waals surface area contributed by atoms with Crippen molar-refractivity contribution in [2.75, 3.05) is 6.79 Å². The lowest BCUT2D eigenvalue weighted by molar-refractivity contribution is -0.123. The molecule has 3 heterocycles. The molecule has 0 radical (unpaired) electrons. The van der Waals surface area contributed by atoms with Crippen LogP contribution in [0.5, 0.6) is 11.5 Å². The number of nitrogens with one attached hydrogen (secondary N) is 2. The van der Waals surface area contributed by atoms with Gasteiger partial charge in [-0.15, -0.1) is 0 Å². The first-order valence-electron chi connectivity index (χ1n) is 14.7. The summed E-state index contributed by atoms with van der Waals surface area (Å²) >= 11 is 1.37. The molecule has 3 aliphatic heterocycles. The Labute approximate surface area is 249 Å². The van der Waals surface area contributed by atoms with Crippen molar-refractivity contribution in [2.45, 2.75) is 82.2 Å². The highest BCUT2D eigenvalue weighted by molar-refractivity contribution is 8.15. The van der Waals surface area contributed by atoms with E-state index in [0.29, 0.717) is 41.2 Å². The molecule has 42 heavy (non-hydrogen) atoms. The molecule has 220 valence electrons. The molecule has 0 bridgehead atoms. The number of amidine groups is 2. The summed E-state index contributed by atoms with van der Waals surface area (Å²) in [7, 11) is 0. The summed E-state index contributed by atoms with van der Waals surface area (Å²) in [6.45, 7) is 2.52. The molecule has 0 aromatic heterocycles. The number of fused-ring (bicyclic) bond motifs is 4. The minimum Gasteiger partial charge on any atom is -0.454 e. The number of thioether (sulfide) groups is 1. The summed E-state index contributed by atoms with van der Waals surface area (Å²) in [5, 5.41) is 6.38. The number of amides is 3. The number of ether oxygens (including phenoxy) is 2. The van der Waals surface area contributed by atoms with Gasteiger partial charge in [0.05, 0.1) is 10.9 Å². The molecule has 4 aliphatic rings. The Hall–Kier alpha value is -3.86. The molecule has 3 amide bonds. The molecule has 0 saturated heterocycles. The first-order valence-corrected chi connectivity index (χ1v) is 15.6. The molecule has 1 aliphatic carbocycles. The van der Waals surface area contributed by atoms with Crippen LogP contribution in [0, 0.1) is 0 Å². The van der Waals surface area contributed by atoms with Crippen LogP contribution in [-0.4, -0.2) is 57.8 Å². The lowest BCUT2D eigenvalue weighted by atomic mass is 9.95. The highest BCUT2D eigenvalue weighted by Crippen LogP contribution is 2.37. The van der Waals surface area contributed by atoms with Gasteiger partial charge in [0, 0.05) is 24.6 Å². The van der Waals surface area contributed by atoms with Gasteiger partial charge in [-0.2, -0.15) is 4.99 Å². The highest BCUT2D eigenvalue weighted by Gasteiger charge is 2.43. The molecule has 10 nitrogen and oxygen atoms in total. The van der Waals surface area contributed by atoms with Gasteiger partial charge in [-0.3, -0.25) is 19.3 Å². The van der Waals surface area contributed by atoms with Crippen LogP contribution < -0.4 is 20.1 Å². The van der Waals surface area contributed by atoms with Crippen LogP contribution in [0.4, 0.5) is 5.69 Å². The number of carbonyl (C=O) groups excluding carboxylic acids is 3. The second-order valence-electron chi connectivity index (χ2n) is 10.9. The fourth-order valence-electron chi connectivity index (χ4n) is 5.76. The van der Waals surface area contributed by atoms with E-state index in [-0.39, 0.29) is 48.6 Å². The quantitative estimate of drug-likeness (QED) is 0.444. The number of carbonyl (C=O) groups is 3. The van der Waals surface area contributed by atoms with Crippen LogP contribution in [0.25, 0.3) is 0 Å². The lowest BCUT2D eigenvalue weighted by Crippen LogP contribution is -2.46. The average Bonchev–Trinajstić information content (AvgIpc) is 3.61. The van der Waals surface area contributed by atoms with Crippen molar-refractivity contribution in [1.29, 1.82) is 0 Å². The maximum absolute atomic E-state index is 13.3. The fourth-order valence-corrected chi connectivity index (χ4v) is 6.83. The number of para-hydroxylation sites is 1. The van der Waals surface area contributed by atoms with E-state index in [1.54, 1.807) is 0 Å². The van der Waals surface area contributed by atoms with Gasteiger partial charge in [0.1, 0.15) is 11.9 Å². The van der Waals surface area contributed by atoms with E-state index in [9.17, 15) is 14.4 Å². The molecule has 11 heteroatoms. The maximum Gasteiger partial charge on any atom is 0.270 e. The van der Waals surface area contributed by atoms with Crippen molar-refractivity contribution >= 4 is 46.2 Å². The van der Waals surface area contributed by atoms with Crippen LogP contribution in [0.1, 0.15) is 69.4 Å².